The number of nitrogens with two attached hydrogens (primary N) is 1. The lowest BCUT2D eigenvalue weighted by Crippen LogP contribution is -2.15. The van der Waals surface area contributed by atoms with Crippen molar-refractivity contribution < 1.29 is 91.7 Å². The van der Waals surface area contributed by atoms with Crippen LogP contribution in [0.5, 0.6) is 17.2 Å². The first-order valence-corrected chi connectivity index (χ1v) is 24.4. The third-order valence-corrected chi connectivity index (χ3v) is 13.6. The number of sulfone groups is 2. The Morgan fingerprint density at radius 3 is 1.32 bits per heavy atom. The third-order valence-electron chi connectivity index (χ3n) is 7.57. The number of nitrogen functional groups attached to an aromatic ring is 1. The van der Waals surface area contributed by atoms with Gasteiger partial charge in [-0.3, -0.25) is 18.2 Å². The molecular weight excluding hydrogens is 935 g/mol. The molecule has 328 valence electrons. The van der Waals surface area contributed by atoms with E-state index in [4.69, 9.17) is 24.3 Å². The summed E-state index contributed by atoms with van der Waals surface area (Å²) >= 11 is 0. The van der Waals surface area contributed by atoms with Gasteiger partial charge in [0, 0.05) is 0 Å². The Morgan fingerprint density at radius 1 is 0.567 bits per heavy atom. The zero-order valence-corrected chi connectivity index (χ0v) is 34.9. The van der Waals surface area contributed by atoms with Gasteiger partial charge in [-0.15, -0.1) is 20.5 Å². The fourth-order valence-corrected chi connectivity index (χ4v) is 9.27. The highest BCUT2D eigenvalue weighted by atomic mass is 32.3. The van der Waals surface area contributed by atoms with Gasteiger partial charge in [-0.25, -0.2) is 25.2 Å². The van der Waals surface area contributed by atoms with Crippen LogP contribution in [0.15, 0.2) is 88.6 Å². The van der Waals surface area contributed by atoms with E-state index >= 15 is 0 Å². The molecule has 4 aromatic rings. The largest absolute Gasteiger partial charge is 0.505 e. The Balaban J connectivity index is 1.92. The Hall–Kier alpha value is -5.00. The SMILES string of the molecule is COc1ccc(S(=O)(=O)CCOS(=O)(=O)O)cc1/N=N/c1c(S(=O)(=O)O)cc2cc(S(=O)(=O)O)c(/N=N/c3cc(S(=O)(=O)CCOS(=O)(=O)O)ccc3OC)c(O)c2c1N. The van der Waals surface area contributed by atoms with E-state index in [9.17, 15) is 64.7 Å². The molecule has 0 aliphatic heterocycles. The van der Waals surface area contributed by atoms with E-state index in [1.165, 1.54) is 0 Å². The number of phenolic OH excluding ortho intramolecular Hbond substituents is 1. The Labute approximate surface area is 340 Å². The molecule has 26 nitrogen and oxygen atoms in total. The molecule has 0 saturated heterocycles. The molecule has 4 rings (SSSR count). The number of azo groups is 2. The van der Waals surface area contributed by atoms with Gasteiger partial charge in [-0.1, -0.05) is 0 Å². The van der Waals surface area contributed by atoms with Crippen LogP contribution < -0.4 is 15.2 Å². The first kappa shape index (κ1) is 47.7. The molecule has 0 heterocycles. The summed E-state index contributed by atoms with van der Waals surface area (Å²) in [5, 5.41) is 25.1. The molecule has 60 heavy (non-hydrogen) atoms. The van der Waals surface area contributed by atoms with Gasteiger partial charge >= 0.3 is 20.8 Å². The van der Waals surface area contributed by atoms with Crippen LogP contribution in [0.2, 0.25) is 0 Å². The first-order chi connectivity index (χ1) is 27.5. The van der Waals surface area contributed by atoms with Crippen molar-refractivity contribution in [3.8, 4) is 17.2 Å². The standard InChI is InChI=1S/C28H29N5O21S6/c1-51-20-5-3-16(55(35,36)9-7-53-59(45,46)47)13-18(20)30-32-26-22(57(39,40)41)11-15-12-23(58(42,43)44)27(28(34)24(15)25(26)29)33-31-19-14-17(4-6-21(19)52-2)56(37,38)10-8-54-60(48,49)50/h3-6,11-14,34H,7-10,29H2,1-2H3,(H,39,40,41)(H,42,43,44)(H,45,46,47)(H,48,49,50)/b32-30+,33-31+. The van der Waals surface area contributed by atoms with Gasteiger partial charge < -0.3 is 20.3 Å². The molecular formula is C28H29N5O21S6. The molecule has 0 spiro atoms. The Kier molecular flexibility index (Phi) is 13.9. The van der Waals surface area contributed by atoms with Crippen molar-refractivity contribution in [2.45, 2.75) is 19.6 Å². The fourth-order valence-electron chi connectivity index (χ4n) is 4.93. The maximum absolute atomic E-state index is 12.8. The van der Waals surface area contributed by atoms with Gasteiger partial charge in [0.2, 0.25) is 0 Å². The quantitative estimate of drug-likeness (QED) is 0.0474. The number of fused-ring (bicyclic) bond motifs is 1. The topological polar surface area (TPSA) is 418 Å². The molecule has 0 radical (unpaired) electrons. The smallest absolute Gasteiger partial charge is 0.397 e. The molecule has 0 saturated carbocycles. The molecule has 0 unspecified atom stereocenters. The summed E-state index contributed by atoms with van der Waals surface area (Å²) in [6.45, 7) is -2.01. The highest BCUT2D eigenvalue weighted by molar-refractivity contribution is 7.91. The van der Waals surface area contributed by atoms with E-state index < -0.39 is 150 Å². The van der Waals surface area contributed by atoms with Gasteiger partial charge in [0.25, 0.3) is 20.2 Å². The van der Waals surface area contributed by atoms with Crippen LogP contribution in [0.25, 0.3) is 10.8 Å². The van der Waals surface area contributed by atoms with Crippen LogP contribution in [0.4, 0.5) is 28.4 Å². The van der Waals surface area contributed by atoms with Crippen molar-refractivity contribution >= 4 is 99.9 Å². The van der Waals surface area contributed by atoms with Crippen LogP contribution in [0.3, 0.4) is 0 Å². The van der Waals surface area contributed by atoms with E-state index in [0.717, 1.165) is 50.6 Å². The molecule has 0 aromatic heterocycles. The van der Waals surface area contributed by atoms with Crippen molar-refractivity contribution in [2.75, 3.05) is 44.7 Å². The summed E-state index contributed by atoms with van der Waals surface area (Å²) in [4.78, 5) is -3.48. The summed E-state index contributed by atoms with van der Waals surface area (Å²) in [6.07, 6.45) is 0. The number of benzene rings is 4. The van der Waals surface area contributed by atoms with Crippen LogP contribution in [0.1, 0.15) is 0 Å². The zero-order valence-electron chi connectivity index (χ0n) is 30.0. The molecule has 0 atom stereocenters. The second-order valence-electron chi connectivity index (χ2n) is 11.5. The maximum Gasteiger partial charge on any atom is 0.397 e. The van der Waals surface area contributed by atoms with Crippen LogP contribution >= 0.6 is 0 Å². The van der Waals surface area contributed by atoms with E-state index in [1.807, 2.05) is 0 Å². The second kappa shape index (κ2) is 17.5. The van der Waals surface area contributed by atoms with Crippen molar-refractivity contribution in [3.63, 3.8) is 0 Å². The predicted molar refractivity (Wildman–Crippen MR) is 203 cm³/mol. The maximum atomic E-state index is 12.8. The monoisotopic (exact) mass is 963 g/mol. The molecule has 0 amide bonds. The number of rotatable bonds is 18. The second-order valence-corrected chi connectivity index (χ2v) is 20.6. The molecule has 0 fully saturated rings. The lowest BCUT2D eigenvalue weighted by atomic mass is 10.1. The average molecular weight is 964 g/mol. The number of phenols is 1. The van der Waals surface area contributed by atoms with Gasteiger partial charge in [-0.05, 0) is 53.9 Å². The van der Waals surface area contributed by atoms with Gasteiger partial charge in [0.15, 0.2) is 25.4 Å². The molecule has 0 aliphatic rings. The molecule has 0 bridgehead atoms. The molecule has 32 heteroatoms. The molecule has 0 aliphatic carbocycles. The number of methoxy groups -OCH3 is 2. The fraction of sp³-hybridized carbons (Fsp3) is 0.214. The lowest BCUT2D eigenvalue weighted by Gasteiger charge is -2.14. The molecule has 7 N–H and O–H groups in total. The highest BCUT2D eigenvalue weighted by Crippen LogP contribution is 2.49. The van der Waals surface area contributed by atoms with Crippen molar-refractivity contribution in [3.05, 3.63) is 48.5 Å². The minimum absolute atomic E-state index is 0.193. The normalized spacial score (nSPS) is 13.4. The summed E-state index contributed by atoms with van der Waals surface area (Å²) in [5.41, 5.74) is 2.41. The first-order valence-electron chi connectivity index (χ1n) is 15.4. The number of ether oxygens (including phenoxy) is 2. The van der Waals surface area contributed by atoms with Crippen molar-refractivity contribution in [1.82, 2.24) is 0 Å². The van der Waals surface area contributed by atoms with E-state index in [0.29, 0.717) is 12.1 Å². The van der Waals surface area contributed by atoms with E-state index in [-0.39, 0.29) is 11.5 Å². The van der Waals surface area contributed by atoms with Crippen LogP contribution in [-0.2, 0) is 69.1 Å². The summed E-state index contributed by atoms with van der Waals surface area (Å²) < 4.78 is 201. The predicted octanol–water partition coefficient (Wildman–Crippen LogP) is 2.66. The number of nitrogens with zero attached hydrogens (tertiary/aromatic N) is 4. The number of anilines is 1. The average Bonchev–Trinajstić information content (AvgIpc) is 3.11. The van der Waals surface area contributed by atoms with Gasteiger partial charge in [0.1, 0.15) is 44.0 Å². The van der Waals surface area contributed by atoms with E-state index in [1.54, 1.807) is 0 Å². The van der Waals surface area contributed by atoms with Crippen LogP contribution in [0, 0.1) is 0 Å². The lowest BCUT2D eigenvalue weighted by molar-refractivity contribution is 0.282. The van der Waals surface area contributed by atoms with E-state index in [2.05, 4.69) is 28.8 Å². The third kappa shape index (κ3) is 11.6. The van der Waals surface area contributed by atoms with Crippen molar-refractivity contribution in [1.29, 1.82) is 0 Å². The summed E-state index contributed by atoms with van der Waals surface area (Å²) in [6, 6.07) is 6.89. The number of aromatic hydroxyl groups is 1. The minimum atomic E-state index is -5.41. The summed E-state index contributed by atoms with van der Waals surface area (Å²) in [7, 11) is -27.3. The Bertz CT molecular complexity index is 2910. The number of hydrogen-bond donors (Lipinski definition) is 6. The minimum Gasteiger partial charge on any atom is -0.505 e. The zero-order chi connectivity index (χ0) is 45.2. The number of hydrogen-bond acceptors (Lipinski definition) is 22. The Morgan fingerprint density at radius 2 is 0.950 bits per heavy atom. The molecule has 4 aromatic carbocycles. The van der Waals surface area contributed by atoms with Crippen molar-refractivity contribution in [2.24, 2.45) is 20.5 Å². The highest BCUT2D eigenvalue weighted by Gasteiger charge is 2.29. The summed E-state index contributed by atoms with van der Waals surface area (Å²) in [5.74, 6) is -3.59. The van der Waals surface area contributed by atoms with Gasteiger partial charge in [-0.2, -0.15) is 33.7 Å². The van der Waals surface area contributed by atoms with Gasteiger partial charge in [0.05, 0.1) is 59.8 Å². The van der Waals surface area contributed by atoms with Crippen LogP contribution in [-0.4, -0.2) is 113 Å².